The highest BCUT2D eigenvalue weighted by Crippen LogP contribution is 2.27. The molecule has 0 saturated heterocycles. The van der Waals surface area contributed by atoms with Crippen molar-refractivity contribution < 1.29 is 5.11 Å². The summed E-state index contributed by atoms with van der Waals surface area (Å²) in [7, 11) is 0. The molecule has 3 N–H and O–H groups in total. The largest absolute Gasteiger partial charge is 0.398 e. The highest BCUT2D eigenvalue weighted by atomic mass is 35.5. The zero-order valence-corrected chi connectivity index (χ0v) is 6.97. The van der Waals surface area contributed by atoms with E-state index >= 15 is 0 Å². The summed E-state index contributed by atoms with van der Waals surface area (Å²) in [6.45, 7) is 1.65. The van der Waals surface area contributed by atoms with Crippen LogP contribution in [0.25, 0.3) is 0 Å². The molecular weight excluding hydrogens is 162 g/mol. The molecule has 1 rings (SSSR count). The first-order valence-electron chi connectivity index (χ1n) is 3.35. The van der Waals surface area contributed by atoms with Crippen LogP contribution in [0.3, 0.4) is 0 Å². The third kappa shape index (κ3) is 1.64. The molecule has 11 heavy (non-hydrogen) atoms. The van der Waals surface area contributed by atoms with Gasteiger partial charge >= 0.3 is 0 Å². The van der Waals surface area contributed by atoms with Crippen molar-refractivity contribution in [2.24, 2.45) is 0 Å². The minimum Gasteiger partial charge on any atom is -0.398 e. The topological polar surface area (TPSA) is 46.2 Å². The Balaban J connectivity index is 3.17. The number of anilines is 1. The van der Waals surface area contributed by atoms with Gasteiger partial charge in [-0.25, -0.2) is 0 Å². The molecular formula is C8H10ClNO. The average Bonchev–Trinajstić information content (AvgIpc) is 1.94. The Hall–Kier alpha value is -0.730. The smallest absolute Gasteiger partial charge is 0.0777 e. The lowest BCUT2D eigenvalue weighted by Crippen LogP contribution is -1.95. The fourth-order valence-electron chi connectivity index (χ4n) is 0.891. The van der Waals surface area contributed by atoms with Gasteiger partial charge in [0.25, 0.3) is 0 Å². The lowest BCUT2D eigenvalue weighted by molar-refractivity contribution is 0.199. The Morgan fingerprint density at radius 1 is 1.55 bits per heavy atom. The molecule has 0 radical (unpaired) electrons. The van der Waals surface area contributed by atoms with Crippen LogP contribution in [0.5, 0.6) is 0 Å². The first-order valence-corrected chi connectivity index (χ1v) is 3.72. The summed E-state index contributed by atoms with van der Waals surface area (Å²) < 4.78 is 0. The molecule has 0 amide bonds. The number of nitrogen functional groups attached to an aromatic ring is 1. The Bertz CT molecular complexity index is 260. The van der Waals surface area contributed by atoms with E-state index < -0.39 is 6.10 Å². The van der Waals surface area contributed by atoms with E-state index in [1.807, 2.05) is 0 Å². The molecule has 3 heteroatoms. The average molecular weight is 172 g/mol. The molecule has 0 aliphatic carbocycles. The molecule has 1 atom stereocenters. The molecule has 0 aliphatic rings. The SMILES string of the molecule is CC(O)c1cccc(N)c1Cl. The summed E-state index contributed by atoms with van der Waals surface area (Å²) in [6, 6.07) is 5.22. The van der Waals surface area contributed by atoms with Crippen LogP contribution in [0, 0.1) is 0 Å². The highest BCUT2D eigenvalue weighted by molar-refractivity contribution is 6.33. The van der Waals surface area contributed by atoms with Gasteiger partial charge in [-0.05, 0) is 13.0 Å². The normalized spacial score (nSPS) is 13.0. The minimum atomic E-state index is -0.564. The van der Waals surface area contributed by atoms with Gasteiger partial charge in [0.15, 0.2) is 0 Å². The monoisotopic (exact) mass is 171 g/mol. The van der Waals surface area contributed by atoms with Crippen LogP contribution < -0.4 is 5.73 Å². The van der Waals surface area contributed by atoms with Crippen molar-refractivity contribution in [1.29, 1.82) is 0 Å². The molecule has 0 heterocycles. The number of aliphatic hydroxyl groups is 1. The van der Waals surface area contributed by atoms with Crippen LogP contribution in [0.1, 0.15) is 18.6 Å². The van der Waals surface area contributed by atoms with Gasteiger partial charge in [-0.15, -0.1) is 0 Å². The zero-order chi connectivity index (χ0) is 8.43. The maximum absolute atomic E-state index is 9.19. The molecule has 0 aromatic heterocycles. The maximum Gasteiger partial charge on any atom is 0.0777 e. The number of nitrogens with two attached hydrogens (primary N) is 1. The van der Waals surface area contributed by atoms with E-state index in [4.69, 9.17) is 17.3 Å². The summed E-state index contributed by atoms with van der Waals surface area (Å²) >= 11 is 5.80. The molecule has 60 valence electrons. The van der Waals surface area contributed by atoms with Crippen molar-refractivity contribution >= 4 is 17.3 Å². The van der Waals surface area contributed by atoms with Gasteiger partial charge in [0.1, 0.15) is 0 Å². The van der Waals surface area contributed by atoms with Gasteiger partial charge in [-0.3, -0.25) is 0 Å². The Labute approximate surface area is 70.6 Å². The molecule has 0 fully saturated rings. The van der Waals surface area contributed by atoms with Crippen LogP contribution in [0.15, 0.2) is 18.2 Å². The van der Waals surface area contributed by atoms with Crippen LogP contribution in [-0.4, -0.2) is 5.11 Å². The van der Waals surface area contributed by atoms with E-state index in [0.29, 0.717) is 16.3 Å². The summed E-state index contributed by atoms with van der Waals surface area (Å²) in [6.07, 6.45) is -0.564. The quantitative estimate of drug-likeness (QED) is 0.635. The molecule has 0 saturated carbocycles. The number of hydrogen-bond acceptors (Lipinski definition) is 2. The minimum absolute atomic E-state index is 0.447. The fraction of sp³-hybridized carbons (Fsp3) is 0.250. The molecule has 2 nitrogen and oxygen atoms in total. The number of aliphatic hydroxyl groups excluding tert-OH is 1. The van der Waals surface area contributed by atoms with Crippen molar-refractivity contribution in [3.63, 3.8) is 0 Å². The van der Waals surface area contributed by atoms with Gasteiger partial charge < -0.3 is 10.8 Å². The zero-order valence-electron chi connectivity index (χ0n) is 6.21. The third-order valence-electron chi connectivity index (χ3n) is 1.51. The lowest BCUT2D eigenvalue weighted by atomic mass is 10.1. The summed E-state index contributed by atoms with van der Waals surface area (Å²) in [4.78, 5) is 0. The van der Waals surface area contributed by atoms with Gasteiger partial charge in [-0.2, -0.15) is 0 Å². The first kappa shape index (κ1) is 8.37. The predicted molar refractivity (Wildman–Crippen MR) is 46.5 cm³/mol. The second-order valence-corrected chi connectivity index (χ2v) is 2.80. The maximum atomic E-state index is 9.19. The number of halogens is 1. The fourth-order valence-corrected chi connectivity index (χ4v) is 1.17. The number of benzene rings is 1. The van der Waals surface area contributed by atoms with E-state index in [9.17, 15) is 5.11 Å². The van der Waals surface area contributed by atoms with E-state index in [-0.39, 0.29) is 0 Å². The lowest BCUT2D eigenvalue weighted by Gasteiger charge is -2.07. The molecule has 1 unspecified atom stereocenters. The summed E-state index contributed by atoms with van der Waals surface area (Å²) in [5, 5.41) is 9.64. The van der Waals surface area contributed by atoms with Crippen molar-refractivity contribution in [3.8, 4) is 0 Å². The van der Waals surface area contributed by atoms with Crippen LogP contribution in [0.2, 0.25) is 5.02 Å². The standard InChI is InChI=1S/C8H10ClNO/c1-5(11)6-3-2-4-7(10)8(6)9/h2-5,11H,10H2,1H3. The van der Waals surface area contributed by atoms with Crippen molar-refractivity contribution in [2.45, 2.75) is 13.0 Å². The van der Waals surface area contributed by atoms with E-state index in [1.54, 1.807) is 25.1 Å². The molecule has 0 aliphatic heterocycles. The van der Waals surface area contributed by atoms with Crippen LogP contribution in [-0.2, 0) is 0 Å². The van der Waals surface area contributed by atoms with Crippen molar-refractivity contribution in [2.75, 3.05) is 5.73 Å². The first-order chi connectivity index (χ1) is 5.13. The Morgan fingerprint density at radius 2 is 2.18 bits per heavy atom. The number of hydrogen-bond donors (Lipinski definition) is 2. The Kier molecular flexibility index (Phi) is 2.37. The summed E-state index contributed by atoms with van der Waals surface area (Å²) in [5.41, 5.74) is 6.69. The van der Waals surface area contributed by atoms with E-state index in [2.05, 4.69) is 0 Å². The molecule has 0 spiro atoms. The second kappa shape index (κ2) is 3.11. The van der Waals surface area contributed by atoms with Gasteiger partial charge in [-0.1, -0.05) is 23.7 Å². The van der Waals surface area contributed by atoms with Gasteiger partial charge in [0, 0.05) is 5.56 Å². The van der Waals surface area contributed by atoms with E-state index in [1.165, 1.54) is 0 Å². The predicted octanol–water partition coefficient (Wildman–Crippen LogP) is 1.98. The molecule has 1 aromatic rings. The van der Waals surface area contributed by atoms with E-state index in [0.717, 1.165) is 0 Å². The van der Waals surface area contributed by atoms with Gasteiger partial charge in [0.05, 0.1) is 16.8 Å². The number of rotatable bonds is 1. The highest BCUT2D eigenvalue weighted by Gasteiger charge is 2.07. The van der Waals surface area contributed by atoms with Crippen molar-refractivity contribution in [1.82, 2.24) is 0 Å². The molecule has 0 bridgehead atoms. The third-order valence-corrected chi connectivity index (χ3v) is 1.94. The van der Waals surface area contributed by atoms with Crippen molar-refractivity contribution in [3.05, 3.63) is 28.8 Å². The Morgan fingerprint density at radius 3 is 2.64 bits per heavy atom. The second-order valence-electron chi connectivity index (χ2n) is 2.43. The summed E-state index contributed by atoms with van der Waals surface area (Å²) in [5.74, 6) is 0. The van der Waals surface area contributed by atoms with Crippen LogP contribution in [0.4, 0.5) is 5.69 Å². The van der Waals surface area contributed by atoms with Gasteiger partial charge in [0.2, 0.25) is 0 Å². The molecule has 1 aromatic carbocycles. The van der Waals surface area contributed by atoms with Crippen LogP contribution >= 0.6 is 11.6 Å².